The van der Waals surface area contributed by atoms with Crippen LogP contribution in [-0.4, -0.2) is 19.9 Å². The number of hydrogen-bond donors (Lipinski definition) is 0. The molecule has 4 heteroatoms. The van der Waals surface area contributed by atoms with Gasteiger partial charge >= 0.3 is 0 Å². The second-order valence-corrected chi connectivity index (χ2v) is 12.3. The number of benzene rings is 6. The fourth-order valence-corrected chi connectivity index (χ4v) is 6.69. The zero-order chi connectivity index (χ0) is 33.3. The molecule has 9 rings (SSSR count). The van der Waals surface area contributed by atoms with E-state index in [-0.39, 0.29) is 0 Å². The molecule has 50 heavy (non-hydrogen) atoms. The molecule has 234 valence electrons. The van der Waals surface area contributed by atoms with Crippen molar-refractivity contribution >= 4 is 21.7 Å². The molecule has 4 nitrogen and oxygen atoms in total. The monoisotopic (exact) mass is 638 g/mol. The van der Waals surface area contributed by atoms with Crippen molar-refractivity contribution in [3.8, 4) is 67.5 Å². The van der Waals surface area contributed by atoms with Crippen molar-refractivity contribution in [1.29, 1.82) is 0 Å². The van der Waals surface area contributed by atoms with Gasteiger partial charge < -0.3 is 0 Å². The van der Waals surface area contributed by atoms with Gasteiger partial charge in [0.25, 0.3) is 0 Å². The Balaban J connectivity index is 1.08. The van der Waals surface area contributed by atoms with Crippen LogP contribution in [0.5, 0.6) is 0 Å². The Morgan fingerprint density at radius 1 is 0.340 bits per heavy atom. The van der Waals surface area contributed by atoms with Crippen LogP contribution in [0.25, 0.3) is 89.2 Å². The van der Waals surface area contributed by atoms with Crippen LogP contribution in [0.1, 0.15) is 0 Å². The van der Waals surface area contributed by atoms with Gasteiger partial charge in [0.1, 0.15) is 0 Å². The number of aromatic nitrogens is 4. The van der Waals surface area contributed by atoms with E-state index in [2.05, 4.69) is 120 Å². The highest BCUT2D eigenvalue weighted by molar-refractivity contribution is 6.16. The fraction of sp³-hybridized carbons (Fsp3) is 0. The molecule has 0 saturated heterocycles. The summed E-state index contributed by atoms with van der Waals surface area (Å²) in [7, 11) is 0. The van der Waals surface area contributed by atoms with Gasteiger partial charge in [-0.2, -0.15) is 0 Å². The number of fused-ring (bicyclic) bond motifs is 3. The van der Waals surface area contributed by atoms with Gasteiger partial charge in [-0.25, -0.2) is 15.0 Å². The summed E-state index contributed by atoms with van der Waals surface area (Å²) in [6, 6.07) is 60.8. The van der Waals surface area contributed by atoms with Crippen molar-refractivity contribution in [1.82, 2.24) is 19.9 Å². The van der Waals surface area contributed by atoms with Crippen molar-refractivity contribution in [3.63, 3.8) is 0 Å². The van der Waals surface area contributed by atoms with Crippen LogP contribution in [-0.2, 0) is 0 Å². The molecule has 0 amide bonds. The number of para-hydroxylation sites is 1. The summed E-state index contributed by atoms with van der Waals surface area (Å²) in [5.74, 6) is 0.714. The molecule has 0 radical (unpaired) electrons. The second-order valence-electron chi connectivity index (χ2n) is 12.3. The fourth-order valence-electron chi connectivity index (χ4n) is 6.69. The van der Waals surface area contributed by atoms with Gasteiger partial charge in [-0.1, -0.05) is 152 Å². The molecule has 0 atom stereocenters. The first-order chi connectivity index (χ1) is 24.8. The summed E-state index contributed by atoms with van der Waals surface area (Å²) in [6.45, 7) is 0. The molecule has 3 aromatic heterocycles. The van der Waals surface area contributed by atoms with Crippen molar-refractivity contribution in [2.24, 2.45) is 0 Å². The third-order valence-electron chi connectivity index (χ3n) is 9.17. The molecule has 0 spiro atoms. The SMILES string of the molecule is c1ccc(-c2cc(-c3ccc(-c4ccc(-c5cccc6c(-c7ccccn7)nc7ccccc7c56)cc4)cc3)nc(-c3ccccc3)n2)cc1. The molecule has 0 unspecified atom stereocenters. The molecule has 0 aliphatic heterocycles. The topological polar surface area (TPSA) is 51.6 Å². The minimum atomic E-state index is 0.714. The smallest absolute Gasteiger partial charge is 0.160 e. The zero-order valence-corrected chi connectivity index (χ0v) is 27.1. The minimum Gasteiger partial charge on any atom is -0.255 e. The first kappa shape index (κ1) is 29.4. The van der Waals surface area contributed by atoms with Gasteiger partial charge in [-0.15, -0.1) is 0 Å². The van der Waals surface area contributed by atoms with Crippen molar-refractivity contribution in [2.75, 3.05) is 0 Å². The highest BCUT2D eigenvalue weighted by atomic mass is 14.9. The lowest BCUT2D eigenvalue weighted by Crippen LogP contribution is -1.95. The zero-order valence-electron chi connectivity index (χ0n) is 27.1. The van der Waals surface area contributed by atoms with E-state index in [4.69, 9.17) is 15.0 Å². The van der Waals surface area contributed by atoms with Crippen molar-refractivity contribution < 1.29 is 0 Å². The molecule has 0 aliphatic rings. The van der Waals surface area contributed by atoms with Crippen molar-refractivity contribution in [3.05, 3.63) is 182 Å². The Hall–Kier alpha value is -6.78. The largest absolute Gasteiger partial charge is 0.255 e. The summed E-state index contributed by atoms with van der Waals surface area (Å²) in [6.07, 6.45) is 1.82. The number of pyridine rings is 2. The van der Waals surface area contributed by atoms with Gasteiger partial charge in [0.2, 0.25) is 0 Å². The Kier molecular flexibility index (Phi) is 7.45. The van der Waals surface area contributed by atoms with Crippen LogP contribution in [0.2, 0.25) is 0 Å². The van der Waals surface area contributed by atoms with Gasteiger partial charge in [0.05, 0.1) is 28.3 Å². The number of nitrogens with zero attached hydrogens (tertiary/aromatic N) is 4. The van der Waals surface area contributed by atoms with Crippen molar-refractivity contribution in [2.45, 2.75) is 0 Å². The molecular weight excluding hydrogens is 609 g/mol. The first-order valence-electron chi connectivity index (χ1n) is 16.7. The Morgan fingerprint density at radius 3 is 1.58 bits per heavy atom. The summed E-state index contributed by atoms with van der Waals surface area (Å²) in [4.78, 5) is 19.6. The van der Waals surface area contributed by atoms with Gasteiger partial charge in [-0.05, 0) is 46.5 Å². The van der Waals surface area contributed by atoms with E-state index in [1.165, 1.54) is 10.9 Å². The molecular formula is C46H30N4. The predicted octanol–water partition coefficient (Wildman–Crippen LogP) is 11.6. The van der Waals surface area contributed by atoms with E-state index in [9.17, 15) is 0 Å². The van der Waals surface area contributed by atoms with Gasteiger partial charge in [0, 0.05) is 39.0 Å². The predicted molar refractivity (Wildman–Crippen MR) is 205 cm³/mol. The van der Waals surface area contributed by atoms with E-state index in [0.29, 0.717) is 5.82 Å². The molecule has 9 aromatic rings. The van der Waals surface area contributed by atoms with Crippen LogP contribution in [0.3, 0.4) is 0 Å². The Bertz CT molecular complexity index is 2540. The average Bonchev–Trinajstić information content (AvgIpc) is 3.21. The lowest BCUT2D eigenvalue weighted by molar-refractivity contribution is 1.18. The quantitative estimate of drug-likeness (QED) is 0.170. The summed E-state index contributed by atoms with van der Waals surface area (Å²) in [5.41, 5.74) is 12.2. The van der Waals surface area contributed by atoms with E-state index in [1.807, 2.05) is 66.9 Å². The summed E-state index contributed by atoms with van der Waals surface area (Å²) in [5, 5.41) is 3.41. The second kappa shape index (κ2) is 12.7. The number of rotatable bonds is 6. The van der Waals surface area contributed by atoms with Gasteiger partial charge in [-0.3, -0.25) is 4.98 Å². The van der Waals surface area contributed by atoms with Crippen LogP contribution in [0.4, 0.5) is 0 Å². The van der Waals surface area contributed by atoms with E-state index >= 15 is 0 Å². The normalized spacial score (nSPS) is 11.2. The lowest BCUT2D eigenvalue weighted by atomic mass is 9.92. The van der Waals surface area contributed by atoms with E-state index < -0.39 is 0 Å². The molecule has 0 N–H and O–H groups in total. The van der Waals surface area contributed by atoms with E-state index in [0.717, 1.165) is 72.4 Å². The van der Waals surface area contributed by atoms with E-state index in [1.54, 1.807) is 0 Å². The summed E-state index contributed by atoms with van der Waals surface area (Å²) >= 11 is 0. The molecule has 0 bridgehead atoms. The number of hydrogen-bond acceptors (Lipinski definition) is 4. The molecule has 6 aromatic carbocycles. The third-order valence-corrected chi connectivity index (χ3v) is 9.17. The minimum absolute atomic E-state index is 0.714. The standard InChI is InChI=1S/C46H30N4/c1-3-12-34(13-4-1)42-30-43(50-46(49-42)36-14-5-2-6-15-36)35-27-23-32(24-28-35)31-21-25-33(26-22-31)37-17-11-18-39-44(37)38-16-7-8-19-40(38)48-45(39)41-20-9-10-29-47-41/h1-30H. The van der Waals surface area contributed by atoms with Crippen LogP contribution < -0.4 is 0 Å². The molecule has 0 fully saturated rings. The maximum Gasteiger partial charge on any atom is 0.160 e. The Labute approximate surface area is 290 Å². The van der Waals surface area contributed by atoms with Gasteiger partial charge in [0.15, 0.2) is 5.82 Å². The molecule has 0 aliphatic carbocycles. The maximum absolute atomic E-state index is 5.06. The first-order valence-corrected chi connectivity index (χ1v) is 16.7. The highest BCUT2D eigenvalue weighted by Crippen LogP contribution is 2.39. The third kappa shape index (κ3) is 5.49. The lowest BCUT2D eigenvalue weighted by Gasteiger charge is -2.14. The molecule has 0 saturated carbocycles. The summed E-state index contributed by atoms with van der Waals surface area (Å²) < 4.78 is 0. The van der Waals surface area contributed by atoms with Crippen LogP contribution in [0.15, 0.2) is 182 Å². The van der Waals surface area contributed by atoms with Crippen LogP contribution >= 0.6 is 0 Å². The molecule has 3 heterocycles. The Morgan fingerprint density at radius 2 is 0.900 bits per heavy atom. The van der Waals surface area contributed by atoms with Crippen LogP contribution in [0, 0.1) is 0 Å². The highest BCUT2D eigenvalue weighted by Gasteiger charge is 2.15. The maximum atomic E-state index is 5.06. The average molecular weight is 639 g/mol.